The van der Waals surface area contributed by atoms with Crippen molar-refractivity contribution in [2.24, 2.45) is 0 Å². The van der Waals surface area contributed by atoms with Crippen molar-refractivity contribution < 1.29 is 14.5 Å². The number of nitrogens with one attached hydrogen (secondary N) is 1. The molecule has 160 valence electrons. The normalized spacial score (nSPS) is 10.8. The molecule has 0 aliphatic rings. The van der Waals surface area contributed by atoms with Gasteiger partial charge in [-0.15, -0.1) is 0 Å². The molecule has 0 aliphatic heterocycles. The minimum absolute atomic E-state index is 0.0119. The molecule has 8 heteroatoms. The molecular weight excluding hydrogens is 430 g/mol. The number of nitro groups is 1. The zero-order chi connectivity index (χ0) is 23.1. The summed E-state index contributed by atoms with van der Waals surface area (Å²) >= 11 is 6.10. The zero-order valence-corrected chi connectivity index (χ0v) is 17.8. The number of carbonyl (C=O) groups is 1. The predicted octanol–water partition coefficient (Wildman–Crippen LogP) is 5.68. The van der Waals surface area contributed by atoms with E-state index < -0.39 is 10.8 Å². The molecule has 0 bridgehead atoms. The van der Waals surface area contributed by atoms with Gasteiger partial charge in [0.2, 0.25) is 0 Å². The third-order valence-corrected chi connectivity index (χ3v) is 4.72. The fourth-order valence-electron chi connectivity index (χ4n) is 2.78. The summed E-state index contributed by atoms with van der Waals surface area (Å²) in [5.41, 5.74) is 2.67. The van der Waals surface area contributed by atoms with Crippen molar-refractivity contribution in [3.05, 3.63) is 104 Å². The quantitative estimate of drug-likeness (QED) is 0.217. The number of rotatable bonds is 7. The number of halogens is 1. The number of anilines is 1. The SMILES string of the molecule is Cc1ccc(NC(=O)/C(C#N)=C/c2cc(Cl)ccc2OCc2ccc([N+](=O)[O-])cc2)cc1. The second-order valence-electron chi connectivity index (χ2n) is 6.88. The molecule has 0 radical (unpaired) electrons. The van der Waals surface area contributed by atoms with Gasteiger partial charge in [0.25, 0.3) is 11.6 Å². The lowest BCUT2D eigenvalue weighted by molar-refractivity contribution is -0.384. The fraction of sp³-hybridized carbons (Fsp3) is 0.0833. The maximum Gasteiger partial charge on any atom is 0.269 e. The van der Waals surface area contributed by atoms with Crippen molar-refractivity contribution in [2.75, 3.05) is 5.32 Å². The van der Waals surface area contributed by atoms with Gasteiger partial charge < -0.3 is 10.1 Å². The van der Waals surface area contributed by atoms with E-state index in [0.29, 0.717) is 22.0 Å². The maximum atomic E-state index is 12.6. The molecule has 0 aliphatic carbocycles. The number of hydrogen-bond donors (Lipinski definition) is 1. The largest absolute Gasteiger partial charge is 0.488 e. The molecule has 0 saturated carbocycles. The van der Waals surface area contributed by atoms with Gasteiger partial charge in [0, 0.05) is 28.4 Å². The lowest BCUT2D eigenvalue weighted by atomic mass is 10.1. The number of benzene rings is 3. The van der Waals surface area contributed by atoms with Gasteiger partial charge in [-0.3, -0.25) is 14.9 Å². The molecule has 3 aromatic carbocycles. The second kappa shape index (κ2) is 10.2. The summed E-state index contributed by atoms with van der Waals surface area (Å²) in [6.45, 7) is 2.07. The van der Waals surface area contributed by atoms with Crippen LogP contribution in [0.2, 0.25) is 5.02 Å². The Hall–Kier alpha value is -4.15. The Kier molecular flexibility index (Phi) is 7.21. The van der Waals surface area contributed by atoms with Gasteiger partial charge in [-0.2, -0.15) is 5.26 Å². The Labute approximate surface area is 189 Å². The predicted molar refractivity (Wildman–Crippen MR) is 122 cm³/mol. The number of nitro benzene ring substituents is 1. The average molecular weight is 448 g/mol. The average Bonchev–Trinajstić information content (AvgIpc) is 2.78. The van der Waals surface area contributed by atoms with Gasteiger partial charge in [-0.1, -0.05) is 29.3 Å². The summed E-state index contributed by atoms with van der Waals surface area (Å²) in [7, 11) is 0. The third kappa shape index (κ3) is 5.94. The highest BCUT2D eigenvalue weighted by atomic mass is 35.5. The number of nitriles is 1. The van der Waals surface area contributed by atoms with Crippen LogP contribution in [0.3, 0.4) is 0 Å². The molecule has 32 heavy (non-hydrogen) atoms. The Morgan fingerprint density at radius 3 is 2.47 bits per heavy atom. The highest BCUT2D eigenvalue weighted by Crippen LogP contribution is 2.27. The van der Waals surface area contributed by atoms with E-state index in [2.05, 4.69) is 5.32 Å². The van der Waals surface area contributed by atoms with Crippen molar-refractivity contribution in [2.45, 2.75) is 13.5 Å². The Morgan fingerprint density at radius 2 is 1.84 bits per heavy atom. The van der Waals surface area contributed by atoms with E-state index in [-0.39, 0.29) is 17.9 Å². The second-order valence-corrected chi connectivity index (χ2v) is 7.32. The number of ether oxygens (including phenoxy) is 1. The van der Waals surface area contributed by atoms with E-state index >= 15 is 0 Å². The first-order chi connectivity index (χ1) is 15.4. The first kappa shape index (κ1) is 22.5. The lowest BCUT2D eigenvalue weighted by Crippen LogP contribution is -2.13. The van der Waals surface area contributed by atoms with Gasteiger partial charge in [0.15, 0.2) is 0 Å². The van der Waals surface area contributed by atoms with E-state index in [1.54, 1.807) is 42.5 Å². The molecule has 7 nitrogen and oxygen atoms in total. The molecule has 3 aromatic rings. The van der Waals surface area contributed by atoms with E-state index in [1.807, 2.05) is 25.1 Å². The number of aryl methyl sites for hydroxylation is 1. The zero-order valence-electron chi connectivity index (χ0n) is 17.0. The van der Waals surface area contributed by atoms with E-state index in [1.165, 1.54) is 18.2 Å². The van der Waals surface area contributed by atoms with Gasteiger partial charge in [0.1, 0.15) is 24.0 Å². The first-order valence-electron chi connectivity index (χ1n) is 9.51. The van der Waals surface area contributed by atoms with Crippen LogP contribution in [0.5, 0.6) is 5.75 Å². The van der Waals surface area contributed by atoms with Crippen LogP contribution in [0.4, 0.5) is 11.4 Å². The number of amides is 1. The molecule has 0 unspecified atom stereocenters. The van der Waals surface area contributed by atoms with Gasteiger partial charge in [-0.25, -0.2) is 0 Å². The van der Waals surface area contributed by atoms with Crippen LogP contribution < -0.4 is 10.1 Å². The lowest BCUT2D eigenvalue weighted by Gasteiger charge is -2.11. The van der Waals surface area contributed by atoms with Gasteiger partial charge in [-0.05, 0) is 61.0 Å². The highest BCUT2D eigenvalue weighted by molar-refractivity contribution is 6.30. The number of hydrogen-bond acceptors (Lipinski definition) is 5. The standard InChI is InChI=1S/C24H18ClN3O4/c1-16-2-7-21(8-3-16)27-24(29)19(14-26)12-18-13-20(25)6-11-23(18)32-15-17-4-9-22(10-5-17)28(30)31/h2-13H,15H2,1H3,(H,27,29)/b19-12+. The smallest absolute Gasteiger partial charge is 0.269 e. The number of non-ortho nitro benzene ring substituents is 1. The van der Waals surface area contributed by atoms with E-state index in [4.69, 9.17) is 16.3 Å². The Balaban J connectivity index is 1.79. The van der Waals surface area contributed by atoms with Crippen LogP contribution in [0.25, 0.3) is 6.08 Å². The van der Waals surface area contributed by atoms with Crippen molar-refractivity contribution in [3.63, 3.8) is 0 Å². The minimum atomic E-state index is -0.558. The number of nitrogens with zero attached hydrogens (tertiary/aromatic N) is 2. The third-order valence-electron chi connectivity index (χ3n) is 4.49. The molecule has 0 heterocycles. The Morgan fingerprint density at radius 1 is 1.16 bits per heavy atom. The summed E-state index contributed by atoms with van der Waals surface area (Å²) in [5, 5.41) is 23.4. The minimum Gasteiger partial charge on any atom is -0.488 e. The van der Waals surface area contributed by atoms with Crippen molar-refractivity contribution in [3.8, 4) is 11.8 Å². The fourth-order valence-corrected chi connectivity index (χ4v) is 2.96. The molecule has 0 spiro atoms. The highest BCUT2D eigenvalue weighted by Gasteiger charge is 2.12. The van der Waals surface area contributed by atoms with Crippen LogP contribution in [-0.2, 0) is 11.4 Å². The van der Waals surface area contributed by atoms with Crippen LogP contribution in [0.1, 0.15) is 16.7 Å². The summed E-state index contributed by atoms with van der Waals surface area (Å²) in [6.07, 6.45) is 1.40. The maximum absolute atomic E-state index is 12.6. The summed E-state index contributed by atoms with van der Waals surface area (Å²) in [6, 6.07) is 19.9. The van der Waals surface area contributed by atoms with Crippen molar-refractivity contribution in [1.82, 2.24) is 0 Å². The van der Waals surface area contributed by atoms with Gasteiger partial charge >= 0.3 is 0 Å². The van der Waals surface area contributed by atoms with Crippen molar-refractivity contribution >= 4 is 35.0 Å². The van der Waals surface area contributed by atoms with Crippen LogP contribution in [-0.4, -0.2) is 10.8 Å². The van der Waals surface area contributed by atoms with E-state index in [9.17, 15) is 20.2 Å². The molecule has 3 rings (SSSR count). The molecule has 1 N–H and O–H groups in total. The summed E-state index contributed by atoms with van der Waals surface area (Å²) in [4.78, 5) is 22.9. The van der Waals surface area contributed by atoms with Gasteiger partial charge in [0.05, 0.1) is 4.92 Å². The molecule has 0 atom stereocenters. The van der Waals surface area contributed by atoms with Crippen LogP contribution in [0.15, 0.2) is 72.3 Å². The molecule has 0 aromatic heterocycles. The molecule has 1 amide bonds. The van der Waals surface area contributed by atoms with Crippen LogP contribution >= 0.6 is 11.6 Å². The molecule has 0 saturated heterocycles. The summed E-state index contributed by atoms with van der Waals surface area (Å²) < 4.78 is 5.82. The Bertz CT molecular complexity index is 1210. The van der Waals surface area contributed by atoms with Crippen molar-refractivity contribution in [1.29, 1.82) is 5.26 Å². The number of carbonyl (C=O) groups excluding carboxylic acids is 1. The van der Waals surface area contributed by atoms with E-state index in [0.717, 1.165) is 11.1 Å². The monoisotopic (exact) mass is 447 g/mol. The first-order valence-corrected chi connectivity index (χ1v) is 9.89. The van der Waals surface area contributed by atoms with Crippen LogP contribution in [0, 0.1) is 28.4 Å². The molecular formula is C24H18ClN3O4. The topological polar surface area (TPSA) is 105 Å². The molecule has 0 fully saturated rings. The summed E-state index contributed by atoms with van der Waals surface area (Å²) in [5.74, 6) is -0.152.